The fraction of sp³-hybridized carbons (Fsp3) is 0.423. The van der Waals surface area contributed by atoms with E-state index in [1.54, 1.807) is 20.8 Å². The molecule has 0 N–H and O–H groups in total. The summed E-state index contributed by atoms with van der Waals surface area (Å²) in [6, 6.07) is 4.21. The number of thiophene rings is 1. The number of aromatic nitrogens is 5. The first-order chi connectivity index (χ1) is 17.5. The average Bonchev–Trinajstić information content (AvgIpc) is 3.46. The molecule has 0 saturated carbocycles. The van der Waals surface area contributed by atoms with Crippen LogP contribution < -0.4 is 16.0 Å². The van der Waals surface area contributed by atoms with Crippen LogP contribution in [0.3, 0.4) is 0 Å². The molecule has 3 aromatic heterocycles. The number of benzene rings is 1. The van der Waals surface area contributed by atoms with E-state index in [9.17, 15) is 18.8 Å². The Hall–Kier alpha value is -3.60. The van der Waals surface area contributed by atoms with Gasteiger partial charge in [-0.1, -0.05) is 25.2 Å². The zero-order chi connectivity index (χ0) is 27.1. The summed E-state index contributed by atoms with van der Waals surface area (Å²) in [5, 5.41) is 9.30. The number of hydrogen-bond donors (Lipinski definition) is 0. The summed E-state index contributed by atoms with van der Waals surface area (Å²) >= 11 is 1.22. The first kappa shape index (κ1) is 26.5. The predicted octanol–water partition coefficient (Wildman–Crippen LogP) is 3.85. The summed E-state index contributed by atoms with van der Waals surface area (Å²) in [4.78, 5) is 42.8. The van der Waals surface area contributed by atoms with Crippen LogP contribution in [0, 0.1) is 18.7 Å². The molecule has 1 aromatic carbocycles. The molecule has 11 heteroatoms. The van der Waals surface area contributed by atoms with Gasteiger partial charge in [-0.05, 0) is 56.9 Å². The van der Waals surface area contributed by atoms with Gasteiger partial charge in [-0.25, -0.2) is 13.8 Å². The fourth-order valence-electron chi connectivity index (χ4n) is 4.46. The summed E-state index contributed by atoms with van der Waals surface area (Å²) in [5.41, 5.74) is -1.31. The van der Waals surface area contributed by atoms with Crippen molar-refractivity contribution in [2.24, 2.45) is 5.92 Å². The van der Waals surface area contributed by atoms with Gasteiger partial charge in [0.05, 0.1) is 24.9 Å². The largest absolute Gasteiger partial charge is 0.496 e. The molecule has 0 radical (unpaired) electrons. The van der Waals surface area contributed by atoms with Gasteiger partial charge in [0.15, 0.2) is 5.78 Å². The summed E-state index contributed by atoms with van der Waals surface area (Å²) in [6.07, 6.45) is 3.54. The lowest BCUT2D eigenvalue weighted by molar-refractivity contribution is -0.127. The lowest BCUT2D eigenvalue weighted by Gasteiger charge is -2.27. The Labute approximate surface area is 217 Å². The van der Waals surface area contributed by atoms with Crippen molar-refractivity contribution in [3.63, 3.8) is 0 Å². The molecule has 0 fully saturated rings. The highest BCUT2D eigenvalue weighted by Gasteiger charge is 2.35. The number of fused-ring (bicyclic) bond motifs is 1. The summed E-state index contributed by atoms with van der Waals surface area (Å²) in [7, 11) is 1.50. The SMILES string of the molecule is COc1ccc(F)cc1CCn1c(=O)n(C(C)(C)C(=O)CC(C)C)c(=O)c2c(C)c(-n3nccn3)sc21. The molecular weight excluding hydrogens is 497 g/mol. The first-order valence-corrected chi connectivity index (χ1v) is 12.8. The third-order valence-electron chi connectivity index (χ3n) is 6.47. The molecule has 0 spiro atoms. The Balaban J connectivity index is 1.97. The number of carbonyl (C=O) groups is 1. The molecule has 0 aliphatic rings. The Morgan fingerprint density at radius 1 is 1.19 bits per heavy atom. The lowest BCUT2D eigenvalue weighted by Crippen LogP contribution is -2.52. The van der Waals surface area contributed by atoms with E-state index in [0.717, 1.165) is 4.57 Å². The van der Waals surface area contributed by atoms with Crippen LogP contribution in [0.2, 0.25) is 0 Å². The Kier molecular flexibility index (Phi) is 7.18. The van der Waals surface area contributed by atoms with Gasteiger partial charge in [0.2, 0.25) is 0 Å². The van der Waals surface area contributed by atoms with Crippen LogP contribution in [0.5, 0.6) is 5.75 Å². The lowest BCUT2D eigenvalue weighted by atomic mass is 9.91. The third kappa shape index (κ3) is 4.75. The van der Waals surface area contributed by atoms with E-state index in [4.69, 9.17) is 4.74 Å². The predicted molar refractivity (Wildman–Crippen MR) is 140 cm³/mol. The van der Waals surface area contributed by atoms with Crippen molar-refractivity contribution in [3.05, 3.63) is 68.4 Å². The zero-order valence-corrected chi connectivity index (χ0v) is 22.6. The van der Waals surface area contributed by atoms with Crippen LogP contribution in [-0.2, 0) is 23.3 Å². The van der Waals surface area contributed by atoms with E-state index in [-0.39, 0.29) is 31.1 Å². The molecule has 4 aromatic rings. The van der Waals surface area contributed by atoms with Crippen LogP contribution >= 0.6 is 11.3 Å². The van der Waals surface area contributed by atoms with Gasteiger partial charge < -0.3 is 4.74 Å². The monoisotopic (exact) mass is 527 g/mol. The summed E-state index contributed by atoms with van der Waals surface area (Å²) < 4.78 is 21.9. The number of ketones is 1. The van der Waals surface area contributed by atoms with Crippen LogP contribution in [0.4, 0.5) is 4.39 Å². The van der Waals surface area contributed by atoms with Crippen molar-refractivity contribution in [1.82, 2.24) is 24.1 Å². The molecular formula is C26H30FN5O4S. The highest BCUT2D eigenvalue weighted by Crippen LogP contribution is 2.31. The maximum absolute atomic E-state index is 14.0. The average molecular weight is 528 g/mol. The Morgan fingerprint density at radius 3 is 2.49 bits per heavy atom. The highest BCUT2D eigenvalue weighted by atomic mass is 32.1. The van der Waals surface area contributed by atoms with Crippen molar-refractivity contribution in [2.75, 3.05) is 7.11 Å². The molecule has 0 bridgehead atoms. The molecule has 0 atom stereocenters. The number of nitrogens with zero attached hydrogens (tertiary/aromatic N) is 5. The topological polar surface area (TPSA) is 101 Å². The molecule has 0 unspecified atom stereocenters. The second-order valence-electron chi connectivity index (χ2n) is 9.89. The molecule has 0 aliphatic heterocycles. The minimum absolute atomic E-state index is 0.0641. The normalized spacial score (nSPS) is 12.0. The van der Waals surface area contributed by atoms with Crippen LogP contribution in [0.25, 0.3) is 15.2 Å². The van der Waals surface area contributed by atoms with Crippen LogP contribution in [-0.4, -0.2) is 37.0 Å². The van der Waals surface area contributed by atoms with Crippen molar-refractivity contribution < 1.29 is 13.9 Å². The number of hydrogen-bond acceptors (Lipinski definition) is 7. The third-order valence-corrected chi connectivity index (χ3v) is 7.75. The molecule has 0 saturated heterocycles. The fourth-order valence-corrected chi connectivity index (χ4v) is 5.69. The zero-order valence-electron chi connectivity index (χ0n) is 21.7. The van der Waals surface area contributed by atoms with E-state index in [1.807, 2.05) is 13.8 Å². The quantitative estimate of drug-likeness (QED) is 0.328. The summed E-state index contributed by atoms with van der Waals surface area (Å²) in [6.45, 7) is 8.94. The van der Waals surface area contributed by atoms with Gasteiger partial charge in [0.25, 0.3) is 5.56 Å². The second-order valence-corrected chi connectivity index (χ2v) is 10.9. The van der Waals surface area contributed by atoms with E-state index < -0.39 is 22.6 Å². The van der Waals surface area contributed by atoms with Crippen LogP contribution in [0.15, 0.2) is 40.2 Å². The highest BCUT2D eigenvalue weighted by molar-refractivity contribution is 7.21. The number of carbonyl (C=O) groups excluding carboxylic acids is 1. The molecule has 0 amide bonds. The summed E-state index contributed by atoms with van der Waals surface area (Å²) in [5.74, 6) is -0.0663. The van der Waals surface area contributed by atoms with Gasteiger partial charge in [-0.15, -0.1) is 4.80 Å². The van der Waals surface area contributed by atoms with E-state index in [2.05, 4.69) is 10.2 Å². The van der Waals surface area contributed by atoms with Crippen LogP contribution in [0.1, 0.15) is 45.2 Å². The van der Waals surface area contributed by atoms with E-state index in [1.165, 1.54) is 58.4 Å². The van der Waals surface area contributed by atoms with Crippen molar-refractivity contribution in [1.29, 1.82) is 0 Å². The van der Waals surface area contributed by atoms with E-state index >= 15 is 0 Å². The molecule has 9 nitrogen and oxygen atoms in total. The number of rotatable bonds is 9. The molecule has 4 rings (SSSR count). The van der Waals surface area contributed by atoms with Gasteiger partial charge in [0, 0.05) is 18.5 Å². The number of ether oxygens (including phenoxy) is 1. The Bertz CT molecular complexity index is 1580. The number of halogens is 1. The van der Waals surface area contributed by atoms with Crippen molar-refractivity contribution >= 4 is 27.3 Å². The van der Waals surface area contributed by atoms with Gasteiger partial charge in [0.1, 0.15) is 26.9 Å². The molecule has 196 valence electrons. The number of methoxy groups -OCH3 is 1. The molecule has 37 heavy (non-hydrogen) atoms. The van der Waals surface area contributed by atoms with Crippen molar-refractivity contribution in [2.45, 2.75) is 59.5 Å². The number of aryl methyl sites for hydroxylation is 3. The minimum Gasteiger partial charge on any atom is -0.496 e. The van der Waals surface area contributed by atoms with Crippen molar-refractivity contribution in [3.8, 4) is 10.8 Å². The standard InChI is InChI=1S/C26H30FN5O4S/c1-15(2)13-20(33)26(4,5)31-22(34)21-16(3)23(32-28-10-11-29-32)37-24(21)30(25(31)35)12-9-17-14-18(27)7-8-19(17)36-6/h7-8,10-11,14-15H,9,12-13H2,1-6H3. The Morgan fingerprint density at radius 2 is 1.86 bits per heavy atom. The molecule has 0 aliphatic carbocycles. The maximum atomic E-state index is 14.0. The minimum atomic E-state index is -1.37. The smallest absolute Gasteiger partial charge is 0.332 e. The van der Waals surface area contributed by atoms with Gasteiger partial charge in [-0.3, -0.25) is 14.2 Å². The van der Waals surface area contributed by atoms with Gasteiger partial charge in [-0.2, -0.15) is 10.2 Å². The second kappa shape index (κ2) is 10.0. The van der Waals surface area contributed by atoms with Gasteiger partial charge >= 0.3 is 5.69 Å². The number of Topliss-reactive ketones (excluding diaryl/α,β-unsaturated/α-hetero) is 1. The molecule has 3 heterocycles. The first-order valence-electron chi connectivity index (χ1n) is 12.0. The maximum Gasteiger partial charge on any atom is 0.332 e. The van der Waals surface area contributed by atoms with E-state index in [0.29, 0.717) is 32.1 Å².